The Labute approximate surface area is 347 Å². The van der Waals surface area contributed by atoms with E-state index in [-0.39, 0.29) is 31.7 Å². The highest BCUT2D eigenvalue weighted by Crippen LogP contribution is 2.69. The van der Waals surface area contributed by atoms with Crippen LogP contribution in [0.3, 0.4) is 0 Å². The van der Waals surface area contributed by atoms with Gasteiger partial charge in [-0.2, -0.15) is 0 Å². The topological polar surface area (TPSA) is 0 Å². The van der Waals surface area contributed by atoms with Gasteiger partial charge in [0.05, 0.1) is 0 Å². The molecule has 1 aliphatic carbocycles. The lowest BCUT2D eigenvalue weighted by Crippen LogP contribution is -2.88. The van der Waals surface area contributed by atoms with E-state index in [1.165, 1.54) is 0 Å². The zero-order chi connectivity index (χ0) is 46.5. The molecule has 0 saturated carbocycles. The Hall–Kier alpha value is -6.41. The van der Waals surface area contributed by atoms with Gasteiger partial charge in [0.15, 0.2) is 70.0 Å². The van der Waals surface area contributed by atoms with Gasteiger partial charge in [0.2, 0.25) is 5.67 Å². The average molecular weight is 926 g/mol. The molecule has 0 amide bonds. The second-order valence-corrected chi connectivity index (χ2v) is 14.1. The number of hydrogen-bond acceptors (Lipinski definition) is 0. The number of allylic oxidation sites excluding steroid dienone is 2. The lowest BCUT2D eigenvalue weighted by molar-refractivity contribution is -0.136. The molecule has 64 heavy (non-hydrogen) atoms. The van der Waals surface area contributed by atoms with Gasteiger partial charge in [-0.25, -0.2) is 87.8 Å². The maximum Gasteiger partial charge on any atom is 0.209 e. The van der Waals surface area contributed by atoms with Crippen molar-refractivity contribution >= 4 is 22.5 Å². The van der Waals surface area contributed by atoms with E-state index < -0.39 is 161 Å². The zero-order valence-corrected chi connectivity index (χ0v) is 31.4. The molecule has 0 nitrogen and oxygen atoms in total. The SMILES string of the molecule is FC1=C(F)C(c2ccccc2)([B-](c2c(F)c(F)c(F)c(F)c2F)(c2c(F)c(F)c(F)c(F)c2F)c2c(F)c(F)c(F)c(F)c2F)C(F)(c2ccccc2)C(F)(c2ccccc2)C1F.[CH3+]. The lowest BCUT2D eigenvalue weighted by Gasteiger charge is -2.67. The van der Waals surface area contributed by atoms with Crippen LogP contribution in [-0.4, -0.2) is 12.3 Å². The van der Waals surface area contributed by atoms with Gasteiger partial charge in [-0.3, -0.25) is 0 Å². The summed E-state index contributed by atoms with van der Waals surface area (Å²) in [5, 5.41) is -5.80. The zero-order valence-electron chi connectivity index (χ0n) is 31.4. The van der Waals surface area contributed by atoms with E-state index in [0.717, 1.165) is 18.2 Å². The number of benzene rings is 6. The van der Waals surface area contributed by atoms with Crippen LogP contribution in [0, 0.1) is 94.7 Å². The molecular formula is C43H19BF20. The summed E-state index contributed by atoms with van der Waals surface area (Å²) >= 11 is 0. The monoisotopic (exact) mass is 926 g/mol. The number of halogens is 20. The minimum Gasteiger partial charge on any atom is -0.237 e. The van der Waals surface area contributed by atoms with Crippen molar-refractivity contribution in [2.75, 3.05) is 0 Å². The Balaban J connectivity index is 0.00000680. The fourth-order valence-corrected chi connectivity index (χ4v) is 9.07. The van der Waals surface area contributed by atoms with Crippen molar-refractivity contribution in [1.82, 2.24) is 0 Å². The highest BCUT2D eigenvalue weighted by molar-refractivity contribution is 7.14. The van der Waals surface area contributed by atoms with Crippen molar-refractivity contribution in [1.29, 1.82) is 0 Å². The maximum absolute atomic E-state index is 20.3. The molecule has 4 unspecified atom stereocenters. The minimum absolute atomic E-state index is 0. The van der Waals surface area contributed by atoms with Crippen molar-refractivity contribution < 1.29 is 87.8 Å². The molecule has 0 saturated heterocycles. The van der Waals surface area contributed by atoms with Crippen LogP contribution in [0.4, 0.5) is 87.8 Å². The molecular weight excluding hydrogens is 907 g/mol. The molecule has 0 aliphatic heterocycles. The lowest BCUT2D eigenvalue weighted by atomic mass is 9.02. The van der Waals surface area contributed by atoms with E-state index in [1.807, 2.05) is 0 Å². The summed E-state index contributed by atoms with van der Waals surface area (Å²) < 4.78 is 333. The molecule has 6 aromatic rings. The third kappa shape index (κ3) is 5.56. The Morgan fingerprint density at radius 1 is 0.344 bits per heavy atom. The summed E-state index contributed by atoms with van der Waals surface area (Å²) in [4.78, 5) is 0. The molecule has 0 radical (unpaired) electrons. The van der Waals surface area contributed by atoms with Crippen LogP contribution in [0.15, 0.2) is 103 Å². The molecule has 4 atom stereocenters. The molecule has 334 valence electrons. The summed E-state index contributed by atoms with van der Waals surface area (Å²) in [7, 11) is 0. The summed E-state index contributed by atoms with van der Waals surface area (Å²) in [6.07, 6.45) is -12.2. The second-order valence-electron chi connectivity index (χ2n) is 14.1. The number of rotatable bonds is 7. The first-order valence-electron chi connectivity index (χ1n) is 17.5. The van der Waals surface area contributed by atoms with Crippen LogP contribution in [0.2, 0.25) is 0 Å². The molecule has 0 N–H and O–H groups in total. The van der Waals surface area contributed by atoms with Crippen molar-refractivity contribution in [2.24, 2.45) is 0 Å². The van der Waals surface area contributed by atoms with Gasteiger partial charge in [0.25, 0.3) is 0 Å². The minimum atomic E-state index is -7.67. The second kappa shape index (κ2) is 16.0. The first-order valence-corrected chi connectivity index (χ1v) is 17.5. The standard InChI is InChI=1S/C42H16BF20.CH3/c44-22-19(23(45)29(51)34(56)28(22)50)43(20-24(46)30(52)35(57)31(53)25(20)47,21-26(48)32(54)36(58)33(55)27(21)49)40(16-10-4-1-5-11-16)38(60)37(59)39(61)41(62,17-12-6-2-7-13-17)42(40,63)18-14-8-3-9-15-18;/h1-15,39H;1H3/q-1;+1. The first kappa shape index (κ1) is 47.1. The summed E-state index contributed by atoms with van der Waals surface area (Å²) in [5.41, 5.74) is -27.4. The van der Waals surface area contributed by atoms with Crippen LogP contribution in [0.1, 0.15) is 16.7 Å². The van der Waals surface area contributed by atoms with Gasteiger partial charge in [-0.1, -0.05) is 96.6 Å². The maximum atomic E-state index is 20.3. The quantitative estimate of drug-likeness (QED) is 0.0492. The molecule has 0 bridgehead atoms. The molecule has 1 aliphatic rings. The van der Waals surface area contributed by atoms with E-state index in [2.05, 4.69) is 0 Å². The largest absolute Gasteiger partial charge is 0.237 e. The molecule has 0 fully saturated rings. The van der Waals surface area contributed by atoms with Gasteiger partial charge in [0.1, 0.15) is 46.9 Å². The number of alkyl halides is 3. The van der Waals surface area contributed by atoms with Gasteiger partial charge in [-0.05, 0) is 16.4 Å². The van der Waals surface area contributed by atoms with Gasteiger partial charge >= 0.3 is 0 Å². The van der Waals surface area contributed by atoms with Gasteiger partial charge < -0.3 is 0 Å². The Bertz CT molecular complexity index is 2620. The Morgan fingerprint density at radius 3 is 0.891 bits per heavy atom. The molecule has 7 rings (SSSR count). The van der Waals surface area contributed by atoms with Crippen LogP contribution >= 0.6 is 0 Å². The highest BCUT2D eigenvalue weighted by Gasteiger charge is 2.80. The predicted molar refractivity (Wildman–Crippen MR) is 190 cm³/mol. The Kier molecular flexibility index (Phi) is 11.8. The Morgan fingerprint density at radius 2 is 0.594 bits per heavy atom. The smallest absolute Gasteiger partial charge is 0.209 e. The van der Waals surface area contributed by atoms with E-state index in [0.29, 0.717) is 48.5 Å². The van der Waals surface area contributed by atoms with Gasteiger partial charge in [0, 0.05) is 7.43 Å². The normalized spacial score (nSPS) is 21.3. The van der Waals surface area contributed by atoms with Crippen molar-refractivity contribution in [3.8, 4) is 0 Å². The molecule has 0 aromatic heterocycles. The average Bonchev–Trinajstić information content (AvgIpc) is 3.29. The molecule has 6 aromatic carbocycles. The fraction of sp³-hybridized carbons (Fsp3) is 0.0930. The van der Waals surface area contributed by atoms with Crippen LogP contribution in [0.25, 0.3) is 0 Å². The van der Waals surface area contributed by atoms with E-state index in [1.54, 1.807) is 0 Å². The van der Waals surface area contributed by atoms with E-state index in [9.17, 15) is 13.2 Å². The first-order chi connectivity index (χ1) is 29.6. The van der Waals surface area contributed by atoms with Crippen molar-refractivity contribution in [3.05, 3.63) is 214 Å². The summed E-state index contributed by atoms with van der Waals surface area (Å²) in [5.74, 6) is -61.1. The third-order valence-corrected chi connectivity index (χ3v) is 11.4. The van der Waals surface area contributed by atoms with Crippen LogP contribution in [0.5, 0.6) is 0 Å². The summed E-state index contributed by atoms with van der Waals surface area (Å²) in [6.45, 7) is 0. The van der Waals surface area contributed by atoms with Crippen molar-refractivity contribution in [2.45, 2.75) is 22.8 Å². The van der Waals surface area contributed by atoms with Crippen molar-refractivity contribution in [3.63, 3.8) is 0 Å². The molecule has 0 heterocycles. The van der Waals surface area contributed by atoms with E-state index in [4.69, 9.17) is 0 Å². The van der Waals surface area contributed by atoms with Gasteiger partial charge in [-0.15, -0.1) is 16.4 Å². The van der Waals surface area contributed by atoms with Crippen LogP contribution in [-0.2, 0) is 16.7 Å². The highest BCUT2D eigenvalue weighted by atomic mass is 19.2. The molecule has 21 heteroatoms. The molecule has 0 spiro atoms. The predicted octanol–water partition coefficient (Wildman–Crippen LogP) is 11.4. The number of hydrogen-bond donors (Lipinski definition) is 0. The third-order valence-electron chi connectivity index (χ3n) is 11.4. The summed E-state index contributed by atoms with van der Waals surface area (Å²) in [6, 6.07) is 7.55. The van der Waals surface area contributed by atoms with Crippen LogP contribution < -0.4 is 16.4 Å². The van der Waals surface area contributed by atoms with E-state index >= 15 is 74.6 Å². The fourth-order valence-electron chi connectivity index (χ4n) is 9.07.